The van der Waals surface area contributed by atoms with Gasteiger partial charge in [-0.1, -0.05) is 34.1 Å². The number of carbonyl (C=O) groups is 1. The van der Waals surface area contributed by atoms with Crippen LogP contribution in [0.1, 0.15) is 30.4 Å². The number of amides is 1. The van der Waals surface area contributed by atoms with Crippen molar-refractivity contribution in [3.63, 3.8) is 0 Å². The maximum absolute atomic E-state index is 13.4. The van der Waals surface area contributed by atoms with E-state index in [9.17, 15) is 9.18 Å². The van der Waals surface area contributed by atoms with Crippen molar-refractivity contribution in [2.75, 3.05) is 18.4 Å². The number of rotatable bonds is 5. The fraction of sp³-hybridized carbons (Fsp3) is 0.300. The predicted octanol–water partition coefficient (Wildman–Crippen LogP) is 3.77. The number of benzene rings is 2. The van der Waals surface area contributed by atoms with Crippen molar-refractivity contribution in [2.45, 2.75) is 25.8 Å². The molecule has 27 heavy (non-hydrogen) atoms. The van der Waals surface area contributed by atoms with Crippen LogP contribution in [-0.2, 0) is 11.3 Å². The molecule has 0 aliphatic carbocycles. The van der Waals surface area contributed by atoms with Gasteiger partial charge in [0.25, 0.3) is 0 Å². The van der Waals surface area contributed by atoms with Crippen LogP contribution in [0.15, 0.2) is 51.9 Å². The minimum atomic E-state index is -0.286. The van der Waals surface area contributed by atoms with E-state index in [-0.39, 0.29) is 17.6 Å². The summed E-state index contributed by atoms with van der Waals surface area (Å²) in [7, 11) is 0. The zero-order valence-electron chi connectivity index (χ0n) is 15.1. The van der Waals surface area contributed by atoms with Crippen LogP contribution in [0.25, 0.3) is 0 Å². The number of hydrogen-bond acceptors (Lipinski definition) is 2. The zero-order chi connectivity index (χ0) is 19.2. The molecule has 1 atom stereocenters. The normalized spacial score (nSPS) is 16.5. The highest BCUT2D eigenvalue weighted by Crippen LogP contribution is 2.31. The molecule has 0 bridgehead atoms. The van der Waals surface area contributed by atoms with Gasteiger partial charge in [-0.2, -0.15) is 0 Å². The van der Waals surface area contributed by atoms with Crippen LogP contribution >= 0.6 is 15.9 Å². The van der Waals surface area contributed by atoms with E-state index in [2.05, 4.69) is 36.9 Å². The first kappa shape index (κ1) is 19.4. The fourth-order valence-electron chi connectivity index (χ4n) is 3.07. The Morgan fingerprint density at radius 2 is 2.11 bits per heavy atom. The lowest BCUT2D eigenvalue weighted by atomic mass is 9.90. The molecule has 0 aromatic heterocycles. The number of carbonyl (C=O) groups excluding carboxylic acids is 1. The second-order valence-corrected chi connectivity index (χ2v) is 7.20. The SMILES string of the molecule is CCNC(=NCc1cc(F)ccc1Br)NCC1CC(=O)Nc2ccccc21. The van der Waals surface area contributed by atoms with Crippen LogP contribution < -0.4 is 16.0 Å². The summed E-state index contributed by atoms with van der Waals surface area (Å²) in [4.78, 5) is 16.5. The lowest BCUT2D eigenvalue weighted by Crippen LogP contribution is -2.40. The van der Waals surface area contributed by atoms with Gasteiger partial charge in [-0.15, -0.1) is 0 Å². The number of hydrogen-bond donors (Lipinski definition) is 3. The maximum atomic E-state index is 13.4. The Morgan fingerprint density at radius 3 is 2.93 bits per heavy atom. The Kier molecular flexibility index (Phi) is 6.45. The van der Waals surface area contributed by atoms with Gasteiger partial charge in [0.2, 0.25) is 5.91 Å². The van der Waals surface area contributed by atoms with Gasteiger partial charge >= 0.3 is 0 Å². The van der Waals surface area contributed by atoms with Crippen molar-refractivity contribution in [2.24, 2.45) is 4.99 Å². The Bertz CT molecular complexity index is 856. The molecule has 3 rings (SSSR count). The van der Waals surface area contributed by atoms with Crippen LogP contribution in [0.4, 0.5) is 10.1 Å². The van der Waals surface area contributed by atoms with Crippen molar-refractivity contribution in [3.05, 3.63) is 63.9 Å². The molecule has 5 nitrogen and oxygen atoms in total. The van der Waals surface area contributed by atoms with Crippen LogP contribution in [0.5, 0.6) is 0 Å². The van der Waals surface area contributed by atoms with E-state index in [4.69, 9.17) is 0 Å². The number of anilines is 1. The lowest BCUT2D eigenvalue weighted by molar-refractivity contribution is -0.116. The molecule has 1 amide bonds. The lowest BCUT2D eigenvalue weighted by Gasteiger charge is -2.26. The first-order valence-corrected chi connectivity index (χ1v) is 9.71. The summed E-state index contributed by atoms with van der Waals surface area (Å²) in [5, 5.41) is 9.40. The first-order valence-electron chi connectivity index (χ1n) is 8.91. The highest BCUT2D eigenvalue weighted by molar-refractivity contribution is 9.10. The number of halogens is 2. The maximum Gasteiger partial charge on any atom is 0.225 e. The largest absolute Gasteiger partial charge is 0.357 e. The smallest absolute Gasteiger partial charge is 0.225 e. The second kappa shape index (κ2) is 8.99. The van der Waals surface area contributed by atoms with Crippen molar-refractivity contribution < 1.29 is 9.18 Å². The monoisotopic (exact) mass is 432 g/mol. The third-order valence-electron chi connectivity index (χ3n) is 4.38. The van der Waals surface area contributed by atoms with Crippen LogP contribution in [-0.4, -0.2) is 25.0 Å². The number of para-hydroxylation sites is 1. The van der Waals surface area contributed by atoms with Gasteiger partial charge in [0.1, 0.15) is 5.82 Å². The van der Waals surface area contributed by atoms with E-state index in [1.165, 1.54) is 12.1 Å². The third kappa shape index (κ3) is 5.07. The zero-order valence-corrected chi connectivity index (χ0v) is 16.6. The van der Waals surface area contributed by atoms with Crippen molar-refractivity contribution in [1.82, 2.24) is 10.6 Å². The summed E-state index contributed by atoms with van der Waals surface area (Å²) in [5.74, 6) is 0.439. The van der Waals surface area contributed by atoms with Crippen LogP contribution in [0.2, 0.25) is 0 Å². The van der Waals surface area contributed by atoms with Crippen molar-refractivity contribution >= 4 is 33.5 Å². The van der Waals surface area contributed by atoms with Gasteiger partial charge in [-0.05, 0) is 42.3 Å². The van der Waals surface area contributed by atoms with Crippen LogP contribution in [0.3, 0.4) is 0 Å². The standard InChI is InChI=1S/C20H22BrFN4O/c1-2-23-20(25-12-14-9-15(22)7-8-17(14)21)24-11-13-10-19(27)26-18-6-4-3-5-16(13)18/h3-9,13H,2,10-12H2,1H3,(H,26,27)(H2,23,24,25). The van der Waals surface area contributed by atoms with Gasteiger partial charge in [-0.3, -0.25) is 4.79 Å². The molecule has 0 saturated heterocycles. The molecule has 1 aliphatic rings. The molecule has 7 heteroatoms. The van der Waals surface area contributed by atoms with E-state index in [0.717, 1.165) is 21.3 Å². The second-order valence-electron chi connectivity index (χ2n) is 6.35. The molecule has 3 N–H and O–H groups in total. The molecule has 0 fully saturated rings. The van der Waals surface area contributed by atoms with Gasteiger partial charge in [-0.25, -0.2) is 9.38 Å². The summed E-state index contributed by atoms with van der Waals surface area (Å²) in [6.45, 7) is 3.62. The van der Waals surface area contributed by atoms with E-state index in [1.54, 1.807) is 6.07 Å². The Hall–Kier alpha value is -2.41. The number of nitrogens with one attached hydrogen (secondary N) is 3. The highest BCUT2D eigenvalue weighted by atomic mass is 79.9. The molecule has 0 spiro atoms. The Labute approximate surface area is 166 Å². The summed E-state index contributed by atoms with van der Waals surface area (Å²) in [6, 6.07) is 12.4. The van der Waals surface area contributed by atoms with Crippen molar-refractivity contribution in [1.29, 1.82) is 0 Å². The van der Waals surface area contributed by atoms with Crippen molar-refractivity contribution in [3.8, 4) is 0 Å². The summed E-state index contributed by atoms with van der Waals surface area (Å²) >= 11 is 3.42. The van der Waals surface area contributed by atoms with E-state index >= 15 is 0 Å². The van der Waals surface area contributed by atoms with Crippen LogP contribution in [0, 0.1) is 5.82 Å². The molecule has 2 aromatic rings. The first-order chi connectivity index (χ1) is 13.1. The van der Waals surface area contributed by atoms with Gasteiger partial charge in [0.15, 0.2) is 5.96 Å². The molecule has 142 valence electrons. The Balaban J connectivity index is 1.70. The molecule has 0 radical (unpaired) electrons. The van der Waals surface area contributed by atoms with E-state index in [0.29, 0.717) is 32.0 Å². The molecular formula is C20H22BrFN4O. The minimum absolute atomic E-state index is 0.0196. The molecule has 1 aliphatic heterocycles. The van der Waals surface area contributed by atoms with Gasteiger partial charge in [0.05, 0.1) is 6.54 Å². The molecule has 1 heterocycles. The average Bonchev–Trinajstić information content (AvgIpc) is 2.66. The summed E-state index contributed by atoms with van der Waals surface area (Å²) in [6.07, 6.45) is 0.429. The molecular weight excluding hydrogens is 411 g/mol. The molecule has 2 aromatic carbocycles. The number of nitrogens with zero attached hydrogens (tertiary/aromatic N) is 1. The average molecular weight is 433 g/mol. The third-order valence-corrected chi connectivity index (χ3v) is 5.16. The number of guanidine groups is 1. The quantitative estimate of drug-likeness (QED) is 0.497. The van der Waals surface area contributed by atoms with Gasteiger partial charge < -0.3 is 16.0 Å². The summed E-state index contributed by atoms with van der Waals surface area (Å²) in [5.41, 5.74) is 2.76. The minimum Gasteiger partial charge on any atom is -0.357 e. The summed E-state index contributed by atoms with van der Waals surface area (Å²) < 4.78 is 14.3. The Morgan fingerprint density at radius 1 is 1.30 bits per heavy atom. The van der Waals surface area contributed by atoms with Gasteiger partial charge in [0, 0.05) is 35.6 Å². The topological polar surface area (TPSA) is 65.5 Å². The number of fused-ring (bicyclic) bond motifs is 1. The van der Waals surface area contributed by atoms with E-state index in [1.807, 2.05) is 31.2 Å². The molecule has 0 saturated carbocycles. The fourth-order valence-corrected chi connectivity index (χ4v) is 3.45. The van der Waals surface area contributed by atoms with E-state index < -0.39 is 0 Å². The molecule has 1 unspecified atom stereocenters. The predicted molar refractivity (Wildman–Crippen MR) is 109 cm³/mol. The number of aliphatic imine (C=N–C) groups is 1. The highest BCUT2D eigenvalue weighted by Gasteiger charge is 2.24.